The van der Waals surface area contributed by atoms with Gasteiger partial charge in [-0.1, -0.05) is 18.1 Å². The molecule has 1 aromatic carbocycles. The Labute approximate surface area is 182 Å². The van der Waals surface area contributed by atoms with Crippen LogP contribution < -0.4 is 14.8 Å². The SMILES string of the molecule is C[C@@H](NS(=O)(=O)CCCCCC1=CC(=O)NC(=O)C1)c1ccc(F)c(OCC2CC2)c1. The average Bonchev–Trinajstić information content (AvgIpc) is 3.50. The molecule has 2 aliphatic rings. The molecule has 0 aromatic heterocycles. The van der Waals surface area contributed by atoms with Crippen LogP contribution in [0.3, 0.4) is 0 Å². The van der Waals surface area contributed by atoms with E-state index in [-0.39, 0.29) is 23.8 Å². The van der Waals surface area contributed by atoms with Gasteiger partial charge in [0.2, 0.25) is 15.9 Å². The Hall–Kier alpha value is -2.26. The summed E-state index contributed by atoms with van der Waals surface area (Å²) in [6.45, 7) is 2.20. The van der Waals surface area contributed by atoms with Gasteiger partial charge in [-0.05, 0) is 62.6 Å². The zero-order valence-electron chi connectivity index (χ0n) is 17.7. The van der Waals surface area contributed by atoms with Crippen LogP contribution in [0.4, 0.5) is 4.39 Å². The number of sulfonamides is 1. The van der Waals surface area contributed by atoms with Gasteiger partial charge < -0.3 is 4.74 Å². The van der Waals surface area contributed by atoms with Gasteiger partial charge in [-0.3, -0.25) is 14.9 Å². The molecule has 7 nitrogen and oxygen atoms in total. The molecular formula is C22H29FN2O5S. The number of ether oxygens (including phenoxy) is 1. The highest BCUT2D eigenvalue weighted by Gasteiger charge is 2.23. The van der Waals surface area contributed by atoms with Crippen LogP contribution in [-0.4, -0.2) is 32.6 Å². The fourth-order valence-electron chi connectivity index (χ4n) is 3.43. The number of unbranched alkanes of at least 4 members (excludes halogenated alkanes) is 2. The molecule has 2 N–H and O–H groups in total. The molecule has 170 valence electrons. The molecule has 0 spiro atoms. The number of nitrogens with one attached hydrogen (secondary N) is 2. The molecule has 1 atom stereocenters. The summed E-state index contributed by atoms with van der Waals surface area (Å²) in [5.74, 6) is -0.529. The van der Waals surface area contributed by atoms with Crippen LogP contribution in [0, 0.1) is 11.7 Å². The molecule has 0 unspecified atom stereocenters. The molecule has 9 heteroatoms. The summed E-state index contributed by atoms with van der Waals surface area (Å²) in [5.41, 5.74) is 1.42. The molecule has 0 bridgehead atoms. The number of hydrogen-bond acceptors (Lipinski definition) is 5. The van der Waals surface area contributed by atoms with Crippen molar-refractivity contribution >= 4 is 21.8 Å². The first-order valence-electron chi connectivity index (χ1n) is 10.7. The third-order valence-electron chi connectivity index (χ3n) is 5.38. The highest BCUT2D eigenvalue weighted by atomic mass is 32.2. The molecule has 0 radical (unpaired) electrons. The van der Waals surface area contributed by atoms with Crippen molar-refractivity contribution < 1.29 is 27.1 Å². The maximum Gasteiger partial charge on any atom is 0.250 e. The topological polar surface area (TPSA) is 102 Å². The average molecular weight is 453 g/mol. The van der Waals surface area contributed by atoms with Gasteiger partial charge in [0, 0.05) is 18.5 Å². The van der Waals surface area contributed by atoms with Crippen LogP contribution in [0.5, 0.6) is 5.75 Å². The van der Waals surface area contributed by atoms with Crippen molar-refractivity contribution in [2.24, 2.45) is 5.92 Å². The number of halogens is 1. The highest BCUT2D eigenvalue weighted by Crippen LogP contribution is 2.31. The van der Waals surface area contributed by atoms with Crippen LogP contribution in [0.15, 0.2) is 29.8 Å². The second kappa shape index (κ2) is 10.4. The van der Waals surface area contributed by atoms with Gasteiger partial charge in [0.1, 0.15) is 0 Å². The van der Waals surface area contributed by atoms with Crippen molar-refractivity contribution in [3.63, 3.8) is 0 Å². The summed E-state index contributed by atoms with van der Waals surface area (Å²) in [6.07, 6.45) is 6.29. The third kappa shape index (κ3) is 7.74. The lowest BCUT2D eigenvalue weighted by atomic mass is 10.0. The van der Waals surface area contributed by atoms with E-state index in [4.69, 9.17) is 4.74 Å². The second-order valence-corrected chi connectivity index (χ2v) is 10.2. The summed E-state index contributed by atoms with van der Waals surface area (Å²) in [5, 5.41) is 2.21. The highest BCUT2D eigenvalue weighted by molar-refractivity contribution is 7.89. The van der Waals surface area contributed by atoms with Gasteiger partial charge >= 0.3 is 0 Å². The van der Waals surface area contributed by atoms with E-state index in [1.807, 2.05) is 0 Å². The molecule has 1 aliphatic heterocycles. The monoisotopic (exact) mass is 452 g/mol. The normalized spacial score (nSPS) is 17.8. The van der Waals surface area contributed by atoms with Crippen LogP contribution in [0.2, 0.25) is 0 Å². The molecule has 3 rings (SSSR count). The number of carbonyl (C=O) groups excluding carboxylic acids is 2. The number of carbonyl (C=O) groups is 2. The maximum atomic E-state index is 13.9. The molecule has 31 heavy (non-hydrogen) atoms. The van der Waals surface area contributed by atoms with Crippen LogP contribution in [0.1, 0.15) is 63.5 Å². The third-order valence-corrected chi connectivity index (χ3v) is 6.92. The zero-order chi connectivity index (χ0) is 22.4. The Morgan fingerprint density at radius 1 is 1.23 bits per heavy atom. The van der Waals surface area contributed by atoms with Gasteiger partial charge in [0.15, 0.2) is 11.6 Å². The van der Waals surface area contributed by atoms with E-state index in [0.717, 1.165) is 18.4 Å². The predicted octanol–water partition coefficient (Wildman–Crippen LogP) is 3.13. The van der Waals surface area contributed by atoms with Gasteiger partial charge in [-0.25, -0.2) is 17.5 Å². The number of amides is 2. The number of benzene rings is 1. The van der Waals surface area contributed by atoms with Crippen LogP contribution in [0.25, 0.3) is 0 Å². The second-order valence-electron chi connectivity index (χ2n) is 8.31. The minimum atomic E-state index is -3.51. The van der Waals surface area contributed by atoms with E-state index < -0.39 is 27.8 Å². The summed E-state index contributed by atoms with van der Waals surface area (Å²) >= 11 is 0. The Bertz CT molecular complexity index is 957. The van der Waals surface area contributed by atoms with E-state index in [2.05, 4.69) is 10.0 Å². The molecule has 0 saturated heterocycles. The first kappa shape index (κ1) is 23.4. The fourth-order valence-corrected chi connectivity index (χ4v) is 4.81. The zero-order valence-corrected chi connectivity index (χ0v) is 18.5. The fraction of sp³-hybridized carbons (Fsp3) is 0.545. The Morgan fingerprint density at radius 2 is 2.00 bits per heavy atom. The summed E-state index contributed by atoms with van der Waals surface area (Å²) < 4.78 is 46.9. The van der Waals surface area contributed by atoms with Crippen LogP contribution in [-0.2, 0) is 19.6 Å². The van der Waals surface area contributed by atoms with E-state index in [1.54, 1.807) is 19.1 Å². The molecule has 1 aliphatic carbocycles. The molecule has 1 fully saturated rings. The van der Waals surface area contributed by atoms with Gasteiger partial charge in [0.25, 0.3) is 5.91 Å². The van der Waals surface area contributed by atoms with Crippen molar-refractivity contribution in [1.29, 1.82) is 0 Å². The lowest BCUT2D eigenvalue weighted by Crippen LogP contribution is -2.32. The molecular weight excluding hydrogens is 423 g/mol. The van der Waals surface area contributed by atoms with Crippen molar-refractivity contribution in [2.45, 2.75) is 57.9 Å². The van der Waals surface area contributed by atoms with Gasteiger partial charge in [-0.15, -0.1) is 0 Å². The largest absolute Gasteiger partial charge is 0.490 e. The van der Waals surface area contributed by atoms with Crippen molar-refractivity contribution in [2.75, 3.05) is 12.4 Å². The first-order valence-corrected chi connectivity index (χ1v) is 12.3. The minimum absolute atomic E-state index is 0.0258. The molecule has 1 aromatic rings. The smallest absolute Gasteiger partial charge is 0.250 e. The Kier molecular flexibility index (Phi) is 7.83. The molecule has 1 saturated carbocycles. The first-order chi connectivity index (χ1) is 14.7. The summed E-state index contributed by atoms with van der Waals surface area (Å²) in [7, 11) is -3.51. The van der Waals surface area contributed by atoms with Gasteiger partial charge in [-0.2, -0.15) is 0 Å². The Morgan fingerprint density at radius 3 is 2.71 bits per heavy atom. The summed E-state index contributed by atoms with van der Waals surface area (Å²) in [4.78, 5) is 22.7. The minimum Gasteiger partial charge on any atom is -0.490 e. The molecule has 1 heterocycles. The summed E-state index contributed by atoms with van der Waals surface area (Å²) in [6, 6.07) is 3.90. The number of imide groups is 1. The van der Waals surface area contributed by atoms with Crippen molar-refractivity contribution in [3.8, 4) is 5.75 Å². The molecule has 2 amide bonds. The van der Waals surface area contributed by atoms with E-state index in [9.17, 15) is 22.4 Å². The predicted molar refractivity (Wildman–Crippen MR) is 114 cm³/mol. The van der Waals surface area contributed by atoms with Crippen molar-refractivity contribution in [1.82, 2.24) is 10.0 Å². The standard InChI is InChI=1S/C22H29FN2O5S/c1-15(18-8-9-19(23)20(13-18)30-14-16-6-7-16)25-31(28,29)10-4-2-3-5-17-11-21(26)24-22(27)12-17/h8-9,11,13,15-16,25H,2-7,10,12,14H2,1H3,(H,24,26,27)/t15-/m1/s1. The lowest BCUT2D eigenvalue weighted by Gasteiger charge is -2.16. The van der Waals surface area contributed by atoms with Gasteiger partial charge in [0.05, 0.1) is 12.4 Å². The number of rotatable bonds is 12. The Balaban J connectivity index is 1.42. The number of hydrogen-bond donors (Lipinski definition) is 2. The van der Waals surface area contributed by atoms with E-state index in [0.29, 0.717) is 43.8 Å². The van der Waals surface area contributed by atoms with Crippen molar-refractivity contribution in [3.05, 3.63) is 41.2 Å². The van der Waals surface area contributed by atoms with Crippen LogP contribution >= 0.6 is 0 Å². The maximum absolute atomic E-state index is 13.9. The lowest BCUT2D eigenvalue weighted by molar-refractivity contribution is -0.128. The van der Waals surface area contributed by atoms with E-state index in [1.165, 1.54) is 12.1 Å². The van der Waals surface area contributed by atoms with E-state index >= 15 is 0 Å². The quantitative estimate of drug-likeness (QED) is 0.375.